The summed E-state index contributed by atoms with van der Waals surface area (Å²) in [6, 6.07) is 0. The Morgan fingerprint density at radius 3 is 2.48 bits per heavy atom. The van der Waals surface area contributed by atoms with E-state index in [1.54, 1.807) is 11.9 Å². The van der Waals surface area contributed by atoms with E-state index >= 15 is 0 Å². The maximum Gasteiger partial charge on any atom is 0.230 e. The van der Waals surface area contributed by atoms with Gasteiger partial charge in [0.15, 0.2) is 5.96 Å². The lowest BCUT2D eigenvalue weighted by molar-refractivity contribution is -0.138. The topological polar surface area (TPSA) is 56.7 Å². The van der Waals surface area contributed by atoms with Crippen LogP contribution in [0.5, 0.6) is 0 Å². The van der Waals surface area contributed by atoms with Gasteiger partial charge in [-0.05, 0) is 26.2 Å². The third-order valence-electron chi connectivity index (χ3n) is 4.08. The van der Waals surface area contributed by atoms with E-state index in [2.05, 4.69) is 21.7 Å². The quantitative estimate of drug-likeness (QED) is 0.340. The molecule has 1 rings (SSSR count). The van der Waals surface area contributed by atoms with Crippen molar-refractivity contribution < 1.29 is 4.79 Å². The first-order chi connectivity index (χ1) is 10.1. The Labute approximate surface area is 128 Å². The molecule has 0 bridgehead atoms. The normalized spacial score (nSPS) is 18.0. The number of rotatable bonds is 6. The number of nitrogens with zero attached hydrogens (tertiary/aromatic N) is 2. The summed E-state index contributed by atoms with van der Waals surface area (Å²) in [5.74, 6) is 1.01. The molecule has 0 spiro atoms. The molecule has 0 atom stereocenters. The SMILES string of the molecule is CC=CCCNC(=NC)NCC1(C(=O)N(C)C)CCCC1. The zero-order valence-electron chi connectivity index (χ0n) is 13.9. The molecule has 1 saturated carbocycles. The number of hydrogen-bond acceptors (Lipinski definition) is 2. The second-order valence-electron chi connectivity index (χ2n) is 5.90. The predicted octanol–water partition coefficient (Wildman–Crippen LogP) is 1.77. The third kappa shape index (κ3) is 5.06. The average molecular weight is 294 g/mol. The second-order valence-corrected chi connectivity index (χ2v) is 5.90. The Hall–Kier alpha value is -1.52. The van der Waals surface area contributed by atoms with Gasteiger partial charge in [-0.3, -0.25) is 9.79 Å². The second kappa shape index (κ2) is 8.70. The highest BCUT2D eigenvalue weighted by atomic mass is 16.2. The third-order valence-corrected chi connectivity index (χ3v) is 4.08. The largest absolute Gasteiger partial charge is 0.356 e. The summed E-state index contributed by atoms with van der Waals surface area (Å²) in [5, 5.41) is 6.61. The molecule has 5 heteroatoms. The first kappa shape index (κ1) is 17.5. The highest BCUT2D eigenvalue weighted by molar-refractivity contribution is 5.85. The monoisotopic (exact) mass is 294 g/mol. The predicted molar refractivity (Wildman–Crippen MR) is 88.4 cm³/mol. The van der Waals surface area contributed by atoms with Gasteiger partial charge >= 0.3 is 0 Å². The molecule has 1 amide bonds. The maximum absolute atomic E-state index is 12.5. The Morgan fingerprint density at radius 1 is 1.29 bits per heavy atom. The average Bonchev–Trinajstić information content (AvgIpc) is 2.95. The van der Waals surface area contributed by atoms with Gasteiger partial charge in [0.05, 0.1) is 5.41 Å². The van der Waals surface area contributed by atoms with Crippen LogP contribution >= 0.6 is 0 Å². The lowest BCUT2D eigenvalue weighted by Crippen LogP contribution is -2.49. The van der Waals surface area contributed by atoms with Gasteiger partial charge in [0, 0.05) is 34.2 Å². The van der Waals surface area contributed by atoms with E-state index < -0.39 is 0 Å². The van der Waals surface area contributed by atoms with E-state index in [9.17, 15) is 4.79 Å². The minimum atomic E-state index is -0.259. The molecule has 0 aromatic rings. The van der Waals surface area contributed by atoms with Crippen molar-refractivity contribution in [2.75, 3.05) is 34.2 Å². The van der Waals surface area contributed by atoms with Gasteiger partial charge in [0.2, 0.25) is 5.91 Å². The van der Waals surface area contributed by atoms with Gasteiger partial charge in [-0.2, -0.15) is 0 Å². The van der Waals surface area contributed by atoms with Crippen LogP contribution < -0.4 is 10.6 Å². The van der Waals surface area contributed by atoms with E-state index in [1.165, 1.54) is 0 Å². The zero-order valence-corrected chi connectivity index (χ0v) is 13.9. The van der Waals surface area contributed by atoms with Gasteiger partial charge < -0.3 is 15.5 Å². The molecule has 1 aliphatic rings. The van der Waals surface area contributed by atoms with Crippen molar-refractivity contribution in [1.82, 2.24) is 15.5 Å². The number of amides is 1. The highest BCUT2D eigenvalue weighted by Crippen LogP contribution is 2.38. The van der Waals surface area contributed by atoms with Crippen LogP contribution in [0.15, 0.2) is 17.1 Å². The number of nitrogens with one attached hydrogen (secondary N) is 2. The first-order valence-corrected chi connectivity index (χ1v) is 7.83. The van der Waals surface area contributed by atoms with Crippen LogP contribution in [-0.4, -0.2) is 51.0 Å². The molecular formula is C16H30N4O. The van der Waals surface area contributed by atoms with Crippen LogP contribution in [0.2, 0.25) is 0 Å². The van der Waals surface area contributed by atoms with Crippen molar-refractivity contribution in [2.24, 2.45) is 10.4 Å². The highest BCUT2D eigenvalue weighted by Gasteiger charge is 2.41. The van der Waals surface area contributed by atoms with Crippen molar-refractivity contribution in [1.29, 1.82) is 0 Å². The van der Waals surface area contributed by atoms with Gasteiger partial charge in [-0.25, -0.2) is 0 Å². The molecule has 2 N–H and O–H groups in total. The standard InChI is InChI=1S/C16H30N4O/c1-5-6-9-12-18-15(17-2)19-13-16(10-7-8-11-16)14(21)20(3)4/h5-6H,7-13H2,1-4H3,(H2,17,18,19). The van der Waals surface area contributed by atoms with E-state index in [4.69, 9.17) is 0 Å². The molecule has 120 valence electrons. The van der Waals surface area contributed by atoms with Crippen molar-refractivity contribution >= 4 is 11.9 Å². The smallest absolute Gasteiger partial charge is 0.230 e. The Kier molecular flexibility index (Phi) is 7.26. The van der Waals surface area contributed by atoms with Gasteiger partial charge in [0.1, 0.15) is 0 Å². The van der Waals surface area contributed by atoms with Crippen molar-refractivity contribution in [3.8, 4) is 0 Å². The fourth-order valence-corrected chi connectivity index (χ4v) is 2.91. The number of guanidine groups is 1. The van der Waals surface area contributed by atoms with Crippen LogP contribution in [-0.2, 0) is 4.79 Å². The molecule has 1 fully saturated rings. The van der Waals surface area contributed by atoms with Crippen molar-refractivity contribution in [3.05, 3.63) is 12.2 Å². The minimum Gasteiger partial charge on any atom is -0.356 e. The molecule has 0 radical (unpaired) electrons. The van der Waals surface area contributed by atoms with E-state index in [0.717, 1.165) is 44.6 Å². The Morgan fingerprint density at radius 2 is 1.95 bits per heavy atom. The van der Waals surface area contributed by atoms with Gasteiger partial charge in [-0.1, -0.05) is 25.0 Å². The summed E-state index contributed by atoms with van der Waals surface area (Å²) in [5.41, 5.74) is -0.259. The first-order valence-electron chi connectivity index (χ1n) is 7.83. The van der Waals surface area contributed by atoms with Crippen LogP contribution in [0.3, 0.4) is 0 Å². The van der Waals surface area contributed by atoms with Gasteiger partial charge in [-0.15, -0.1) is 0 Å². The van der Waals surface area contributed by atoms with Crippen LogP contribution in [0, 0.1) is 5.41 Å². The maximum atomic E-state index is 12.5. The molecular weight excluding hydrogens is 264 g/mol. The van der Waals surface area contributed by atoms with Crippen LogP contribution in [0.1, 0.15) is 39.0 Å². The fourth-order valence-electron chi connectivity index (χ4n) is 2.91. The molecule has 0 unspecified atom stereocenters. The van der Waals surface area contributed by atoms with Crippen LogP contribution in [0.25, 0.3) is 0 Å². The van der Waals surface area contributed by atoms with Gasteiger partial charge in [0.25, 0.3) is 0 Å². The van der Waals surface area contributed by atoms with E-state index in [0.29, 0.717) is 6.54 Å². The minimum absolute atomic E-state index is 0.233. The lowest BCUT2D eigenvalue weighted by atomic mass is 9.84. The summed E-state index contributed by atoms with van der Waals surface area (Å²) in [6.07, 6.45) is 9.33. The number of allylic oxidation sites excluding steroid dienone is 1. The van der Waals surface area contributed by atoms with Crippen molar-refractivity contribution in [3.63, 3.8) is 0 Å². The molecule has 0 aromatic heterocycles. The van der Waals surface area contributed by atoms with Crippen molar-refractivity contribution in [2.45, 2.75) is 39.0 Å². The summed E-state index contributed by atoms with van der Waals surface area (Å²) in [7, 11) is 5.44. The molecule has 0 saturated heterocycles. The van der Waals surface area contributed by atoms with Crippen LogP contribution in [0.4, 0.5) is 0 Å². The fraction of sp³-hybridized carbons (Fsp3) is 0.750. The number of hydrogen-bond donors (Lipinski definition) is 2. The summed E-state index contributed by atoms with van der Waals surface area (Å²) in [6.45, 7) is 3.52. The van der Waals surface area contributed by atoms with E-state index in [1.807, 2.05) is 27.1 Å². The molecule has 0 heterocycles. The zero-order chi connectivity index (χ0) is 15.7. The summed E-state index contributed by atoms with van der Waals surface area (Å²) < 4.78 is 0. The Balaban J connectivity index is 2.54. The van der Waals surface area contributed by atoms with E-state index in [-0.39, 0.29) is 11.3 Å². The molecule has 0 aliphatic heterocycles. The summed E-state index contributed by atoms with van der Waals surface area (Å²) in [4.78, 5) is 18.4. The molecule has 0 aromatic carbocycles. The number of carbonyl (C=O) groups excluding carboxylic acids is 1. The number of carbonyl (C=O) groups is 1. The number of aliphatic imine (C=N–C) groups is 1. The molecule has 1 aliphatic carbocycles. The lowest BCUT2D eigenvalue weighted by Gasteiger charge is -2.31. The Bertz CT molecular complexity index is 382. The molecule has 5 nitrogen and oxygen atoms in total. The summed E-state index contributed by atoms with van der Waals surface area (Å²) >= 11 is 0. The molecule has 21 heavy (non-hydrogen) atoms.